The Labute approximate surface area is 149 Å². The Balaban J connectivity index is 1.69. The summed E-state index contributed by atoms with van der Waals surface area (Å²) >= 11 is 0. The number of aromatic nitrogens is 1. The molecule has 0 unspecified atom stereocenters. The maximum Gasteiger partial charge on any atom is 0.253 e. The average molecular weight is 339 g/mol. The molecule has 5 nitrogen and oxygen atoms in total. The first kappa shape index (κ1) is 17.4. The van der Waals surface area contributed by atoms with Gasteiger partial charge in [-0.25, -0.2) is 0 Å². The van der Waals surface area contributed by atoms with Gasteiger partial charge in [-0.1, -0.05) is 18.2 Å². The molecule has 1 aromatic heterocycles. The van der Waals surface area contributed by atoms with Crippen LogP contribution >= 0.6 is 0 Å². The zero-order chi connectivity index (χ0) is 17.6. The fourth-order valence-electron chi connectivity index (χ4n) is 3.12. The zero-order valence-electron chi connectivity index (χ0n) is 14.9. The number of ether oxygens (including phenoxy) is 1. The Bertz CT molecular complexity index is 726. The lowest BCUT2D eigenvalue weighted by Gasteiger charge is -2.30. The average Bonchev–Trinajstić information content (AvgIpc) is 2.64. The van der Waals surface area contributed by atoms with Crippen molar-refractivity contribution in [2.45, 2.75) is 26.3 Å². The van der Waals surface area contributed by atoms with Crippen molar-refractivity contribution < 1.29 is 9.53 Å². The molecule has 1 atom stereocenters. The number of benzene rings is 1. The first-order chi connectivity index (χ1) is 12.1. The molecular weight excluding hydrogens is 314 g/mol. The van der Waals surface area contributed by atoms with Crippen molar-refractivity contribution in [3.63, 3.8) is 0 Å². The van der Waals surface area contributed by atoms with E-state index in [0.717, 1.165) is 36.5 Å². The third kappa shape index (κ3) is 4.37. The van der Waals surface area contributed by atoms with Gasteiger partial charge in [-0.2, -0.15) is 0 Å². The molecule has 2 aromatic rings. The summed E-state index contributed by atoms with van der Waals surface area (Å²) in [6, 6.07) is 11.8. The molecule has 0 radical (unpaired) electrons. The molecule has 1 aromatic carbocycles. The van der Waals surface area contributed by atoms with Crippen LogP contribution in [0.4, 0.5) is 5.69 Å². The highest BCUT2D eigenvalue weighted by molar-refractivity contribution is 6.00. The summed E-state index contributed by atoms with van der Waals surface area (Å²) in [5.41, 5.74) is 3.87. The van der Waals surface area contributed by atoms with E-state index in [2.05, 4.69) is 15.2 Å². The summed E-state index contributed by atoms with van der Waals surface area (Å²) in [7, 11) is 0. The molecule has 132 valence electrons. The second-order valence-corrected chi connectivity index (χ2v) is 6.46. The molecule has 1 fully saturated rings. The second kappa shape index (κ2) is 8.12. The van der Waals surface area contributed by atoms with Crippen LogP contribution in [0, 0.1) is 6.92 Å². The molecule has 2 heterocycles. The minimum atomic E-state index is -0.0387. The Morgan fingerprint density at radius 3 is 2.76 bits per heavy atom. The molecule has 1 amide bonds. The minimum absolute atomic E-state index is 0.0128. The van der Waals surface area contributed by atoms with E-state index < -0.39 is 0 Å². The van der Waals surface area contributed by atoms with Crippen LogP contribution < -0.4 is 10.2 Å². The summed E-state index contributed by atoms with van der Waals surface area (Å²) in [6.07, 6.45) is 2.52. The van der Waals surface area contributed by atoms with Crippen molar-refractivity contribution in [3.8, 4) is 0 Å². The van der Waals surface area contributed by atoms with Crippen molar-refractivity contribution in [2.24, 2.45) is 0 Å². The number of anilines is 1. The second-order valence-electron chi connectivity index (χ2n) is 6.46. The van der Waals surface area contributed by atoms with E-state index in [-0.39, 0.29) is 11.9 Å². The summed E-state index contributed by atoms with van der Waals surface area (Å²) in [4.78, 5) is 19.4. The van der Waals surface area contributed by atoms with Gasteiger partial charge in [0.25, 0.3) is 5.91 Å². The van der Waals surface area contributed by atoms with E-state index in [0.29, 0.717) is 18.8 Å². The standard InChI is InChI=1S/C20H25N3O2/c1-15-6-5-9-21-18(15)14-16(2)22-20(24)17-7-3-4-8-19(17)23-10-12-25-13-11-23/h3-9,16H,10-14H2,1-2H3,(H,22,24)/t16-/m1/s1. The third-order valence-electron chi connectivity index (χ3n) is 4.50. The predicted molar refractivity (Wildman–Crippen MR) is 99.1 cm³/mol. The number of pyridine rings is 1. The van der Waals surface area contributed by atoms with Gasteiger partial charge in [-0.05, 0) is 37.6 Å². The molecule has 25 heavy (non-hydrogen) atoms. The maximum atomic E-state index is 12.8. The number of morpholine rings is 1. The van der Waals surface area contributed by atoms with Gasteiger partial charge in [0.2, 0.25) is 0 Å². The van der Waals surface area contributed by atoms with Crippen molar-refractivity contribution in [1.82, 2.24) is 10.3 Å². The minimum Gasteiger partial charge on any atom is -0.378 e. The van der Waals surface area contributed by atoms with Crippen LogP contribution in [0.1, 0.15) is 28.5 Å². The van der Waals surface area contributed by atoms with Crippen LogP contribution in [0.3, 0.4) is 0 Å². The Morgan fingerprint density at radius 1 is 1.24 bits per heavy atom. The van der Waals surface area contributed by atoms with Crippen LogP contribution in [0.2, 0.25) is 0 Å². The van der Waals surface area contributed by atoms with Gasteiger partial charge in [0.1, 0.15) is 0 Å². The normalized spacial score (nSPS) is 15.7. The number of carbonyl (C=O) groups excluding carboxylic acids is 1. The number of amides is 1. The molecule has 0 aliphatic carbocycles. The number of para-hydroxylation sites is 1. The SMILES string of the molecule is Cc1cccnc1C[C@@H](C)NC(=O)c1ccccc1N1CCOCC1. The van der Waals surface area contributed by atoms with Crippen LogP contribution in [-0.4, -0.2) is 43.2 Å². The lowest BCUT2D eigenvalue weighted by molar-refractivity contribution is 0.0938. The Hall–Kier alpha value is -2.40. The van der Waals surface area contributed by atoms with Crippen LogP contribution in [-0.2, 0) is 11.2 Å². The van der Waals surface area contributed by atoms with E-state index in [1.54, 1.807) is 6.20 Å². The molecule has 1 N–H and O–H groups in total. The first-order valence-corrected chi connectivity index (χ1v) is 8.78. The fraction of sp³-hybridized carbons (Fsp3) is 0.400. The smallest absolute Gasteiger partial charge is 0.253 e. The first-order valence-electron chi connectivity index (χ1n) is 8.78. The number of hydrogen-bond acceptors (Lipinski definition) is 4. The summed E-state index contributed by atoms with van der Waals surface area (Å²) in [6.45, 7) is 7.09. The molecule has 1 aliphatic rings. The molecule has 5 heteroatoms. The van der Waals surface area contributed by atoms with Crippen molar-refractivity contribution in [2.75, 3.05) is 31.2 Å². The fourth-order valence-corrected chi connectivity index (χ4v) is 3.12. The topological polar surface area (TPSA) is 54.5 Å². The van der Waals surface area contributed by atoms with Crippen LogP contribution in [0.5, 0.6) is 0 Å². The quantitative estimate of drug-likeness (QED) is 0.910. The summed E-state index contributed by atoms with van der Waals surface area (Å²) < 4.78 is 5.41. The molecule has 1 saturated heterocycles. The van der Waals surface area contributed by atoms with Gasteiger partial charge in [0.15, 0.2) is 0 Å². The summed E-state index contributed by atoms with van der Waals surface area (Å²) in [5.74, 6) is -0.0387. The van der Waals surface area contributed by atoms with E-state index in [1.807, 2.05) is 50.2 Å². The number of hydrogen-bond donors (Lipinski definition) is 1. The van der Waals surface area contributed by atoms with Gasteiger partial charge in [0, 0.05) is 43.1 Å². The number of aryl methyl sites for hydroxylation is 1. The molecule has 0 saturated carbocycles. The van der Waals surface area contributed by atoms with E-state index in [9.17, 15) is 4.79 Å². The molecule has 0 bridgehead atoms. The van der Waals surface area contributed by atoms with Crippen molar-refractivity contribution in [3.05, 3.63) is 59.4 Å². The van der Waals surface area contributed by atoms with E-state index in [4.69, 9.17) is 4.74 Å². The van der Waals surface area contributed by atoms with Gasteiger partial charge in [-0.15, -0.1) is 0 Å². The molecular formula is C20H25N3O2. The Kier molecular flexibility index (Phi) is 5.66. The highest BCUT2D eigenvalue weighted by Crippen LogP contribution is 2.21. The van der Waals surface area contributed by atoms with Gasteiger partial charge in [-0.3, -0.25) is 9.78 Å². The summed E-state index contributed by atoms with van der Waals surface area (Å²) in [5, 5.41) is 3.11. The van der Waals surface area contributed by atoms with Gasteiger partial charge >= 0.3 is 0 Å². The monoisotopic (exact) mass is 339 g/mol. The third-order valence-corrected chi connectivity index (χ3v) is 4.50. The molecule has 1 aliphatic heterocycles. The number of carbonyl (C=O) groups is 1. The predicted octanol–water partition coefficient (Wildman–Crippen LogP) is 2.59. The molecule has 3 rings (SSSR count). The number of nitrogens with zero attached hydrogens (tertiary/aromatic N) is 2. The lowest BCUT2D eigenvalue weighted by Crippen LogP contribution is -2.39. The number of nitrogens with one attached hydrogen (secondary N) is 1. The Morgan fingerprint density at radius 2 is 2.00 bits per heavy atom. The lowest BCUT2D eigenvalue weighted by atomic mass is 10.1. The maximum absolute atomic E-state index is 12.8. The van der Waals surface area contributed by atoms with Crippen molar-refractivity contribution in [1.29, 1.82) is 0 Å². The highest BCUT2D eigenvalue weighted by atomic mass is 16.5. The highest BCUT2D eigenvalue weighted by Gasteiger charge is 2.19. The van der Waals surface area contributed by atoms with E-state index in [1.165, 1.54) is 0 Å². The largest absolute Gasteiger partial charge is 0.378 e. The van der Waals surface area contributed by atoms with Gasteiger partial charge in [0.05, 0.1) is 18.8 Å². The van der Waals surface area contributed by atoms with E-state index >= 15 is 0 Å². The zero-order valence-corrected chi connectivity index (χ0v) is 14.9. The van der Waals surface area contributed by atoms with Crippen molar-refractivity contribution >= 4 is 11.6 Å². The van der Waals surface area contributed by atoms with Crippen LogP contribution in [0.25, 0.3) is 0 Å². The van der Waals surface area contributed by atoms with Crippen LogP contribution in [0.15, 0.2) is 42.6 Å². The van der Waals surface area contributed by atoms with Gasteiger partial charge < -0.3 is 15.0 Å². The molecule has 0 spiro atoms. The number of rotatable bonds is 5.